The number of ether oxygens (including phenoxy) is 2. The smallest absolute Gasteiger partial charge is 0.337 e. The van der Waals surface area contributed by atoms with Crippen LogP contribution in [0.5, 0.6) is 5.75 Å². The van der Waals surface area contributed by atoms with Crippen molar-refractivity contribution in [1.82, 2.24) is 4.90 Å². The topological polar surface area (TPSA) is 88.1 Å². The van der Waals surface area contributed by atoms with Crippen LogP contribution in [0.1, 0.15) is 0 Å². The summed E-state index contributed by atoms with van der Waals surface area (Å²) in [4.78, 5) is 25.8. The van der Waals surface area contributed by atoms with Gasteiger partial charge in [0.2, 0.25) is 0 Å². The zero-order valence-corrected chi connectivity index (χ0v) is 16.0. The van der Waals surface area contributed by atoms with Crippen molar-refractivity contribution in [1.29, 1.82) is 0 Å². The van der Waals surface area contributed by atoms with E-state index in [-0.39, 0.29) is 36.9 Å². The van der Waals surface area contributed by atoms with Crippen LogP contribution in [-0.4, -0.2) is 55.8 Å². The van der Waals surface area contributed by atoms with Crippen molar-refractivity contribution in [3.8, 4) is 5.75 Å². The highest BCUT2D eigenvalue weighted by Crippen LogP contribution is 2.33. The van der Waals surface area contributed by atoms with Crippen LogP contribution in [0.4, 0.5) is 5.69 Å². The van der Waals surface area contributed by atoms with Crippen LogP contribution < -0.4 is 10.1 Å². The quantitative estimate of drug-likeness (QED) is 0.489. The van der Waals surface area contributed by atoms with Gasteiger partial charge in [-0.15, -0.1) is 0 Å². The molecular formula is C15H16ClIN2O5. The second-order valence-electron chi connectivity index (χ2n) is 4.89. The standard InChI is InChI=1S/C15H16ClIN2O5/c1-23-12-6-11(10(17)5-9(12)16)18-13-8(15(22)24-2)7-19(3-4-20)14(13)21/h5-6,18,20H,3-4,7H2,1-2H3. The Labute approximate surface area is 157 Å². The van der Waals surface area contributed by atoms with E-state index in [0.29, 0.717) is 16.5 Å². The fourth-order valence-electron chi connectivity index (χ4n) is 2.26. The van der Waals surface area contributed by atoms with Gasteiger partial charge in [0.15, 0.2) is 0 Å². The lowest BCUT2D eigenvalue weighted by Crippen LogP contribution is -2.31. The Balaban J connectivity index is 2.40. The number of hydrogen-bond donors (Lipinski definition) is 2. The molecule has 1 heterocycles. The van der Waals surface area contributed by atoms with E-state index in [1.165, 1.54) is 19.1 Å². The average Bonchev–Trinajstić information content (AvgIpc) is 2.86. The first-order valence-corrected chi connectivity index (χ1v) is 8.40. The monoisotopic (exact) mass is 466 g/mol. The minimum absolute atomic E-state index is 0.0791. The number of benzene rings is 1. The first-order chi connectivity index (χ1) is 11.4. The molecule has 0 saturated carbocycles. The first-order valence-electron chi connectivity index (χ1n) is 6.94. The van der Waals surface area contributed by atoms with Crippen molar-refractivity contribution >= 4 is 51.8 Å². The van der Waals surface area contributed by atoms with Crippen molar-refractivity contribution in [2.45, 2.75) is 0 Å². The molecule has 1 aromatic rings. The number of halogens is 2. The number of amides is 1. The van der Waals surface area contributed by atoms with Gasteiger partial charge in [-0.1, -0.05) is 11.6 Å². The number of rotatable bonds is 6. The zero-order valence-electron chi connectivity index (χ0n) is 13.1. The number of β-amino-alcohol motifs (C(OH)–C–C–N with tert-alkyl or cyclic N) is 1. The van der Waals surface area contributed by atoms with Gasteiger partial charge in [-0.2, -0.15) is 0 Å². The number of anilines is 1. The molecule has 1 aliphatic rings. The molecular weight excluding hydrogens is 451 g/mol. The van der Waals surface area contributed by atoms with Crippen molar-refractivity contribution in [3.63, 3.8) is 0 Å². The van der Waals surface area contributed by atoms with Gasteiger partial charge in [0.1, 0.15) is 11.4 Å². The molecule has 0 bridgehead atoms. The molecule has 9 heteroatoms. The molecule has 0 aliphatic carbocycles. The summed E-state index contributed by atoms with van der Waals surface area (Å²) in [6.07, 6.45) is 0. The lowest BCUT2D eigenvalue weighted by Gasteiger charge is -2.16. The SMILES string of the molecule is COC(=O)C1=C(Nc2cc(OC)c(Cl)cc2I)C(=O)N(CCO)C1. The summed E-state index contributed by atoms with van der Waals surface area (Å²) < 4.78 is 10.7. The van der Waals surface area contributed by atoms with E-state index in [2.05, 4.69) is 27.9 Å². The van der Waals surface area contributed by atoms with Gasteiger partial charge in [0.25, 0.3) is 5.91 Å². The number of hydrogen-bond acceptors (Lipinski definition) is 6. The number of aliphatic hydroxyl groups excluding tert-OH is 1. The van der Waals surface area contributed by atoms with Gasteiger partial charge < -0.3 is 24.8 Å². The molecule has 0 fully saturated rings. The van der Waals surface area contributed by atoms with Crippen molar-refractivity contribution < 1.29 is 24.2 Å². The molecule has 1 aliphatic heterocycles. The minimum Gasteiger partial charge on any atom is -0.495 e. The molecule has 24 heavy (non-hydrogen) atoms. The summed E-state index contributed by atoms with van der Waals surface area (Å²) in [6.45, 7) is 0.0149. The van der Waals surface area contributed by atoms with Crippen LogP contribution in [0.2, 0.25) is 5.02 Å². The zero-order chi connectivity index (χ0) is 17.9. The molecule has 0 atom stereocenters. The largest absolute Gasteiger partial charge is 0.495 e. The molecule has 130 valence electrons. The van der Waals surface area contributed by atoms with Crippen molar-refractivity contribution in [2.75, 3.05) is 39.2 Å². The molecule has 0 saturated heterocycles. The van der Waals surface area contributed by atoms with Crippen LogP contribution >= 0.6 is 34.2 Å². The Bertz CT molecular complexity index is 707. The Morgan fingerprint density at radius 1 is 1.46 bits per heavy atom. The number of carbonyl (C=O) groups is 2. The third kappa shape index (κ3) is 3.76. The highest BCUT2D eigenvalue weighted by molar-refractivity contribution is 14.1. The third-order valence-corrected chi connectivity index (χ3v) is 4.64. The van der Waals surface area contributed by atoms with E-state index >= 15 is 0 Å². The fraction of sp³-hybridized carbons (Fsp3) is 0.333. The van der Waals surface area contributed by atoms with Crippen molar-refractivity contribution in [2.24, 2.45) is 0 Å². The van der Waals surface area contributed by atoms with Gasteiger partial charge in [0.05, 0.1) is 43.7 Å². The Hall–Kier alpha value is -1.52. The molecule has 2 N–H and O–H groups in total. The summed E-state index contributed by atoms with van der Waals surface area (Å²) >= 11 is 8.13. The Morgan fingerprint density at radius 3 is 2.75 bits per heavy atom. The summed E-state index contributed by atoms with van der Waals surface area (Å²) in [5, 5.41) is 12.5. The van der Waals surface area contributed by atoms with E-state index in [4.69, 9.17) is 26.2 Å². The maximum Gasteiger partial charge on any atom is 0.337 e. The Kier molecular flexibility index (Phi) is 6.30. The van der Waals surface area contributed by atoms with Gasteiger partial charge in [-0.3, -0.25) is 4.79 Å². The predicted octanol–water partition coefficient (Wildman–Crippen LogP) is 1.63. The molecule has 0 radical (unpaired) electrons. The average molecular weight is 467 g/mol. The first kappa shape index (κ1) is 18.8. The number of carbonyl (C=O) groups excluding carboxylic acids is 2. The summed E-state index contributed by atoms with van der Waals surface area (Å²) in [5.41, 5.74) is 0.908. The van der Waals surface area contributed by atoms with Gasteiger partial charge in [-0.25, -0.2) is 4.79 Å². The molecule has 2 rings (SSSR count). The van der Waals surface area contributed by atoms with E-state index < -0.39 is 5.97 Å². The summed E-state index contributed by atoms with van der Waals surface area (Å²) in [5.74, 6) is -0.533. The third-order valence-electron chi connectivity index (χ3n) is 3.45. The number of aliphatic hydroxyl groups is 1. The Morgan fingerprint density at radius 2 is 2.17 bits per heavy atom. The second-order valence-corrected chi connectivity index (χ2v) is 6.46. The second kappa shape index (κ2) is 8.04. The van der Waals surface area contributed by atoms with Crippen LogP contribution in [0.3, 0.4) is 0 Å². The normalized spacial score (nSPS) is 14.2. The number of nitrogens with zero attached hydrogens (tertiary/aromatic N) is 1. The minimum atomic E-state index is -0.595. The highest BCUT2D eigenvalue weighted by Gasteiger charge is 2.34. The summed E-state index contributed by atoms with van der Waals surface area (Å²) in [6, 6.07) is 3.33. The fourth-order valence-corrected chi connectivity index (χ4v) is 3.29. The highest BCUT2D eigenvalue weighted by atomic mass is 127. The maximum atomic E-state index is 12.5. The molecule has 1 amide bonds. The van der Waals surface area contributed by atoms with Crippen LogP contribution in [0.25, 0.3) is 0 Å². The van der Waals surface area contributed by atoms with Gasteiger partial charge in [0, 0.05) is 16.2 Å². The predicted molar refractivity (Wildman–Crippen MR) is 97.1 cm³/mol. The van der Waals surface area contributed by atoms with Crippen LogP contribution in [0.15, 0.2) is 23.4 Å². The molecule has 0 unspecified atom stereocenters. The van der Waals surface area contributed by atoms with E-state index in [1.807, 2.05) is 0 Å². The molecule has 1 aromatic carbocycles. The maximum absolute atomic E-state index is 12.5. The van der Waals surface area contributed by atoms with Gasteiger partial charge in [-0.05, 0) is 28.7 Å². The number of esters is 1. The van der Waals surface area contributed by atoms with E-state index in [1.54, 1.807) is 12.1 Å². The molecule has 0 aromatic heterocycles. The van der Waals surface area contributed by atoms with E-state index in [9.17, 15) is 9.59 Å². The lowest BCUT2D eigenvalue weighted by molar-refractivity contribution is -0.136. The van der Waals surface area contributed by atoms with E-state index in [0.717, 1.165) is 3.57 Å². The van der Waals surface area contributed by atoms with Crippen LogP contribution in [0, 0.1) is 3.57 Å². The molecule has 0 spiro atoms. The van der Waals surface area contributed by atoms with Crippen molar-refractivity contribution in [3.05, 3.63) is 32.0 Å². The van der Waals surface area contributed by atoms with Gasteiger partial charge >= 0.3 is 5.97 Å². The summed E-state index contributed by atoms with van der Waals surface area (Å²) in [7, 11) is 2.74. The number of methoxy groups -OCH3 is 2. The number of nitrogens with one attached hydrogen (secondary N) is 1. The molecule has 7 nitrogen and oxygen atoms in total. The lowest BCUT2D eigenvalue weighted by atomic mass is 10.2. The van der Waals surface area contributed by atoms with Crippen LogP contribution in [-0.2, 0) is 14.3 Å².